The van der Waals surface area contributed by atoms with Crippen LogP contribution in [-0.4, -0.2) is 36.5 Å². The number of carbonyl (C=O) groups excluding carboxylic acids is 1. The van der Waals surface area contributed by atoms with E-state index in [2.05, 4.69) is 49.9 Å². The maximum absolute atomic E-state index is 11.5. The van der Waals surface area contributed by atoms with E-state index in [-0.39, 0.29) is 11.9 Å². The lowest BCUT2D eigenvalue weighted by Crippen LogP contribution is -2.53. The van der Waals surface area contributed by atoms with E-state index in [1.165, 1.54) is 11.3 Å². The highest BCUT2D eigenvalue weighted by molar-refractivity contribution is 5.74. The molecule has 0 aromatic heterocycles. The molecule has 1 fully saturated rings. The zero-order valence-corrected chi connectivity index (χ0v) is 12.4. The highest BCUT2D eigenvalue weighted by Crippen LogP contribution is 2.22. The fraction of sp³-hybridized carbons (Fsp3) is 0.562. The largest absolute Gasteiger partial charge is 0.368 e. The van der Waals surface area contributed by atoms with E-state index in [9.17, 15) is 4.79 Å². The van der Waals surface area contributed by atoms with Crippen molar-refractivity contribution >= 4 is 11.6 Å². The van der Waals surface area contributed by atoms with Crippen LogP contribution in [0.1, 0.15) is 39.2 Å². The van der Waals surface area contributed by atoms with Crippen LogP contribution < -0.4 is 4.90 Å². The lowest BCUT2D eigenvalue weighted by atomic mass is 10.0. The third-order valence-electron chi connectivity index (χ3n) is 3.96. The summed E-state index contributed by atoms with van der Waals surface area (Å²) in [6, 6.07) is 9.11. The average molecular weight is 260 g/mol. The van der Waals surface area contributed by atoms with Crippen molar-refractivity contribution in [3.63, 3.8) is 0 Å². The van der Waals surface area contributed by atoms with Crippen LogP contribution in [0.3, 0.4) is 0 Å². The Morgan fingerprint density at radius 1 is 1.21 bits per heavy atom. The Hall–Kier alpha value is -1.51. The molecule has 1 aromatic carbocycles. The summed E-state index contributed by atoms with van der Waals surface area (Å²) < 4.78 is 0. The van der Waals surface area contributed by atoms with Crippen molar-refractivity contribution in [1.29, 1.82) is 0 Å². The minimum Gasteiger partial charge on any atom is -0.368 e. The lowest BCUT2D eigenvalue weighted by molar-refractivity contribution is -0.131. The molecular formula is C16H24N2O. The highest BCUT2D eigenvalue weighted by Gasteiger charge is 2.25. The topological polar surface area (TPSA) is 23.6 Å². The first kappa shape index (κ1) is 13.9. The molecule has 0 unspecified atom stereocenters. The van der Waals surface area contributed by atoms with Gasteiger partial charge in [0, 0.05) is 38.3 Å². The van der Waals surface area contributed by atoms with Crippen molar-refractivity contribution < 1.29 is 4.79 Å². The van der Waals surface area contributed by atoms with Crippen molar-refractivity contribution in [2.45, 2.75) is 39.7 Å². The number of carbonyl (C=O) groups is 1. The molecule has 0 spiro atoms. The van der Waals surface area contributed by atoms with Gasteiger partial charge in [-0.15, -0.1) is 0 Å². The summed E-state index contributed by atoms with van der Waals surface area (Å²) in [5.41, 5.74) is 2.64. The van der Waals surface area contributed by atoms with Crippen LogP contribution in [0.2, 0.25) is 0 Å². The molecule has 0 aliphatic carbocycles. The second-order valence-electron chi connectivity index (χ2n) is 5.75. The summed E-state index contributed by atoms with van der Waals surface area (Å²) in [5.74, 6) is 0.754. The fourth-order valence-corrected chi connectivity index (χ4v) is 2.73. The molecule has 3 heteroatoms. The van der Waals surface area contributed by atoms with Gasteiger partial charge in [-0.2, -0.15) is 0 Å². The van der Waals surface area contributed by atoms with Gasteiger partial charge in [0.1, 0.15) is 0 Å². The predicted molar refractivity (Wildman–Crippen MR) is 79.6 cm³/mol. The Morgan fingerprint density at radius 2 is 1.84 bits per heavy atom. The average Bonchev–Trinajstić information content (AvgIpc) is 2.38. The van der Waals surface area contributed by atoms with E-state index in [0.29, 0.717) is 5.92 Å². The summed E-state index contributed by atoms with van der Waals surface area (Å²) in [4.78, 5) is 15.8. The van der Waals surface area contributed by atoms with Gasteiger partial charge >= 0.3 is 0 Å². The van der Waals surface area contributed by atoms with E-state index >= 15 is 0 Å². The second-order valence-corrected chi connectivity index (χ2v) is 5.75. The van der Waals surface area contributed by atoms with Crippen molar-refractivity contribution in [3.05, 3.63) is 29.8 Å². The van der Waals surface area contributed by atoms with Crippen molar-refractivity contribution in [2.75, 3.05) is 24.5 Å². The molecule has 1 amide bonds. The number of anilines is 1. The van der Waals surface area contributed by atoms with Crippen LogP contribution in [0.4, 0.5) is 5.69 Å². The van der Waals surface area contributed by atoms with Crippen LogP contribution in [0, 0.1) is 0 Å². The van der Waals surface area contributed by atoms with E-state index < -0.39 is 0 Å². The molecule has 104 valence electrons. The van der Waals surface area contributed by atoms with Gasteiger partial charge in [-0.05, 0) is 30.5 Å². The maximum Gasteiger partial charge on any atom is 0.219 e. The first-order valence-electron chi connectivity index (χ1n) is 7.11. The number of piperazine rings is 1. The van der Waals surface area contributed by atoms with Crippen LogP contribution in [0.25, 0.3) is 0 Å². The van der Waals surface area contributed by atoms with Gasteiger partial charge in [-0.1, -0.05) is 26.0 Å². The van der Waals surface area contributed by atoms with Gasteiger partial charge in [-0.25, -0.2) is 0 Å². The molecular weight excluding hydrogens is 236 g/mol. The minimum absolute atomic E-state index is 0.183. The van der Waals surface area contributed by atoms with Crippen molar-refractivity contribution in [1.82, 2.24) is 4.90 Å². The molecule has 1 aliphatic heterocycles. The smallest absolute Gasteiger partial charge is 0.219 e. The molecule has 1 saturated heterocycles. The molecule has 0 radical (unpaired) electrons. The van der Waals surface area contributed by atoms with Crippen LogP contribution in [-0.2, 0) is 4.79 Å². The first-order valence-corrected chi connectivity index (χ1v) is 7.11. The summed E-state index contributed by atoms with van der Waals surface area (Å²) in [6.45, 7) is 10.9. The summed E-state index contributed by atoms with van der Waals surface area (Å²) >= 11 is 0. The van der Waals surface area contributed by atoms with Crippen LogP contribution >= 0.6 is 0 Å². The molecule has 3 nitrogen and oxygen atoms in total. The Balaban J connectivity index is 2.06. The van der Waals surface area contributed by atoms with Crippen molar-refractivity contribution in [2.24, 2.45) is 0 Å². The zero-order chi connectivity index (χ0) is 14.0. The SMILES string of the molecule is CC(=O)N1CCN(c2ccc(C(C)C)cc2)C[C@@H]1C. The molecule has 1 heterocycles. The molecule has 1 aromatic rings. The summed E-state index contributed by atoms with van der Waals surface area (Å²) in [5, 5.41) is 0. The number of amides is 1. The minimum atomic E-state index is 0.183. The number of nitrogens with zero attached hydrogens (tertiary/aromatic N) is 2. The van der Waals surface area contributed by atoms with Crippen LogP contribution in [0.15, 0.2) is 24.3 Å². The zero-order valence-electron chi connectivity index (χ0n) is 12.4. The van der Waals surface area contributed by atoms with Gasteiger partial charge in [0.05, 0.1) is 0 Å². The third kappa shape index (κ3) is 3.09. The maximum atomic E-state index is 11.5. The Bertz CT molecular complexity index is 439. The Kier molecular flexibility index (Phi) is 4.13. The van der Waals surface area contributed by atoms with E-state index in [1.54, 1.807) is 6.92 Å². The third-order valence-corrected chi connectivity index (χ3v) is 3.96. The normalized spacial score (nSPS) is 19.9. The second kappa shape index (κ2) is 5.64. The van der Waals surface area contributed by atoms with E-state index in [0.717, 1.165) is 19.6 Å². The van der Waals surface area contributed by atoms with E-state index in [4.69, 9.17) is 0 Å². The molecule has 19 heavy (non-hydrogen) atoms. The molecule has 2 rings (SSSR count). The molecule has 1 aliphatic rings. The number of hydrogen-bond donors (Lipinski definition) is 0. The molecule has 0 bridgehead atoms. The van der Waals surface area contributed by atoms with Gasteiger partial charge in [-0.3, -0.25) is 4.79 Å². The van der Waals surface area contributed by atoms with Gasteiger partial charge < -0.3 is 9.80 Å². The van der Waals surface area contributed by atoms with Crippen LogP contribution in [0.5, 0.6) is 0 Å². The van der Waals surface area contributed by atoms with Crippen molar-refractivity contribution in [3.8, 4) is 0 Å². The van der Waals surface area contributed by atoms with Gasteiger partial charge in [0.25, 0.3) is 0 Å². The quantitative estimate of drug-likeness (QED) is 0.816. The lowest BCUT2D eigenvalue weighted by Gasteiger charge is -2.40. The van der Waals surface area contributed by atoms with E-state index in [1.807, 2.05) is 4.90 Å². The Morgan fingerprint density at radius 3 is 2.32 bits per heavy atom. The molecule has 1 atom stereocenters. The molecule has 0 saturated carbocycles. The Labute approximate surface area is 116 Å². The first-order chi connectivity index (χ1) is 8.99. The monoisotopic (exact) mass is 260 g/mol. The number of hydrogen-bond acceptors (Lipinski definition) is 2. The summed E-state index contributed by atoms with van der Waals surface area (Å²) in [7, 11) is 0. The number of benzene rings is 1. The summed E-state index contributed by atoms with van der Waals surface area (Å²) in [6.07, 6.45) is 0. The fourth-order valence-electron chi connectivity index (χ4n) is 2.73. The highest BCUT2D eigenvalue weighted by atomic mass is 16.2. The standard InChI is InChI=1S/C16H24N2O/c1-12(2)15-5-7-16(8-6-15)17-9-10-18(14(4)19)13(3)11-17/h5-8,12-13H,9-11H2,1-4H3/t13-/m0/s1. The number of rotatable bonds is 2. The van der Waals surface area contributed by atoms with Gasteiger partial charge in [0.2, 0.25) is 5.91 Å². The van der Waals surface area contributed by atoms with Gasteiger partial charge in [0.15, 0.2) is 0 Å². The predicted octanol–water partition coefficient (Wildman–Crippen LogP) is 2.87. The molecule has 0 N–H and O–H groups in total.